The van der Waals surface area contributed by atoms with E-state index in [4.69, 9.17) is 4.74 Å². The Kier molecular flexibility index (Phi) is 4.42. The van der Waals surface area contributed by atoms with Crippen LogP contribution >= 0.6 is 0 Å². The predicted molar refractivity (Wildman–Crippen MR) is 90.1 cm³/mol. The minimum absolute atomic E-state index is 0.166. The minimum atomic E-state index is 0.166. The lowest BCUT2D eigenvalue weighted by atomic mass is 10.3. The second-order valence-corrected chi connectivity index (χ2v) is 5.30. The fourth-order valence-electron chi connectivity index (χ4n) is 2.39. The third-order valence-electron chi connectivity index (χ3n) is 3.48. The Hall–Kier alpha value is -2.61. The third-order valence-corrected chi connectivity index (χ3v) is 3.48. The molecule has 0 saturated carbocycles. The molecule has 0 spiro atoms. The maximum absolute atomic E-state index is 5.15. The van der Waals surface area contributed by atoms with Gasteiger partial charge >= 0.3 is 0 Å². The molecule has 0 bridgehead atoms. The van der Waals surface area contributed by atoms with Gasteiger partial charge in [-0.1, -0.05) is 0 Å². The Labute approximate surface area is 134 Å². The fourth-order valence-corrected chi connectivity index (χ4v) is 2.39. The largest absolute Gasteiger partial charge is 0.382 e. The zero-order valence-corrected chi connectivity index (χ0v) is 13.5. The van der Waals surface area contributed by atoms with Crippen molar-refractivity contribution in [1.29, 1.82) is 0 Å². The van der Waals surface area contributed by atoms with Crippen molar-refractivity contribution < 1.29 is 4.74 Å². The van der Waals surface area contributed by atoms with Crippen LogP contribution in [0, 0.1) is 0 Å². The Morgan fingerprint density at radius 3 is 3.04 bits per heavy atom. The van der Waals surface area contributed by atoms with Crippen LogP contribution in [-0.2, 0) is 4.74 Å². The number of aromatic nitrogens is 5. The van der Waals surface area contributed by atoms with Gasteiger partial charge in [0.15, 0.2) is 0 Å². The number of anilines is 3. The lowest BCUT2D eigenvalue weighted by Gasteiger charge is -2.10. The summed E-state index contributed by atoms with van der Waals surface area (Å²) in [4.78, 5) is 12.1. The van der Waals surface area contributed by atoms with Gasteiger partial charge in [0.2, 0.25) is 5.95 Å². The van der Waals surface area contributed by atoms with Gasteiger partial charge in [-0.05, 0) is 19.9 Å². The quantitative estimate of drug-likeness (QED) is 0.620. The minimum Gasteiger partial charge on any atom is -0.382 e. The summed E-state index contributed by atoms with van der Waals surface area (Å²) in [5.74, 6) is 1.33. The topological polar surface area (TPSA) is 92.7 Å². The van der Waals surface area contributed by atoms with Crippen LogP contribution in [0.2, 0.25) is 0 Å². The van der Waals surface area contributed by atoms with Crippen molar-refractivity contribution in [1.82, 2.24) is 24.7 Å². The molecule has 8 nitrogen and oxygen atoms in total. The van der Waals surface area contributed by atoms with E-state index in [9.17, 15) is 0 Å². The summed E-state index contributed by atoms with van der Waals surface area (Å²) in [6, 6.07) is 2.13. The van der Waals surface area contributed by atoms with Crippen LogP contribution in [0.1, 0.15) is 19.9 Å². The van der Waals surface area contributed by atoms with Crippen molar-refractivity contribution >= 4 is 28.5 Å². The second kappa shape index (κ2) is 6.66. The molecule has 0 aliphatic carbocycles. The summed E-state index contributed by atoms with van der Waals surface area (Å²) in [7, 11) is 1.68. The van der Waals surface area contributed by atoms with Gasteiger partial charge in [0.05, 0.1) is 29.9 Å². The Morgan fingerprint density at radius 2 is 2.26 bits per heavy atom. The van der Waals surface area contributed by atoms with Crippen molar-refractivity contribution in [2.75, 3.05) is 30.9 Å². The van der Waals surface area contributed by atoms with Crippen molar-refractivity contribution in [3.63, 3.8) is 0 Å². The molecule has 3 N–H and O–H groups in total. The molecule has 23 heavy (non-hydrogen) atoms. The molecule has 0 radical (unpaired) electrons. The van der Waals surface area contributed by atoms with E-state index in [1.807, 2.05) is 37.0 Å². The number of nitrogens with zero attached hydrogens (tertiary/aromatic N) is 4. The predicted octanol–water partition coefficient (Wildman–Crippen LogP) is 2.54. The van der Waals surface area contributed by atoms with Crippen LogP contribution < -0.4 is 10.6 Å². The first-order valence-corrected chi connectivity index (χ1v) is 7.60. The highest BCUT2D eigenvalue weighted by molar-refractivity contribution is 5.88. The highest BCUT2D eigenvalue weighted by Gasteiger charge is 2.10. The summed E-state index contributed by atoms with van der Waals surface area (Å²) >= 11 is 0. The van der Waals surface area contributed by atoms with Crippen LogP contribution in [0.5, 0.6) is 0 Å². The van der Waals surface area contributed by atoms with E-state index in [1.165, 1.54) is 0 Å². The van der Waals surface area contributed by atoms with Crippen molar-refractivity contribution in [2.45, 2.75) is 19.9 Å². The monoisotopic (exact) mass is 315 g/mol. The maximum atomic E-state index is 5.15. The van der Waals surface area contributed by atoms with Gasteiger partial charge in [-0.15, -0.1) is 0 Å². The molecular weight excluding hydrogens is 294 g/mol. The molecule has 122 valence electrons. The molecule has 0 amide bonds. The van der Waals surface area contributed by atoms with E-state index in [-0.39, 0.29) is 6.04 Å². The second-order valence-electron chi connectivity index (χ2n) is 5.30. The van der Waals surface area contributed by atoms with Gasteiger partial charge < -0.3 is 20.4 Å². The normalized spacial score (nSPS) is 12.5. The van der Waals surface area contributed by atoms with Gasteiger partial charge in [-0.25, -0.2) is 0 Å². The molecule has 0 aromatic carbocycles. The van der Waals surface area contributed by atoms with Crippen LogP contribution in [0.4, 0.5) is 17.5 Å². The molecule has 0 aliphatic rings. The first-order valence-electron chi connectivity index (χ1n) is 7.60. The zero-order valence-electron chi connectivity index (χ0n) is 13.5. The molecule has 0 saturated heterocycles. The smallest absolute Gasteiger partial charge is 0.231 e. The number of ether oxygens (including phenoxy) is 1. The number of hydrogen-bond donors (Lipinski definition) is 3. The lowest BCUT2D eigenvalue weighted by Crippen LogP contribution is -2.11. The van der Waals surface area contributed by atoms with E-state index in [2.05, 4.69) is 30.7 Å². The summed E-state index contributed by atoms with van der Waals surface area (Å²) in [6.45, 7) is 5.49. The molecule has 3 rings (SSSR count). The number of nitrogens with one attached hydrogen (secondary N) is 3. The summed E-state index contributed by atoms with van der Waals surface area (Å²) in [6.07, 6.45) is 5.52. The summed E-state index contributed by atoms with van der Waals surface area (Å²) in [5, 5.41) is 11.8. The molecule has 1 unspecified atom stereocenters. The number of hydrogen-bond acceptors (Lipinski definition) is 6. The van der Waals surface area contributed by atoms with Crippen molar-refractivity contribution in [3.05, 3.63) is 24.7 Å². The van der Waals surface area contributed by atoms with Crippen LogP contribution in [0.3, 0.4) is 0 Å². The number of rotatable bonds is 7. The summed E-state index contributed by atoms with van der Waals surface area (Å²) in [5.41, 5.74) is 1.62. The molecule has 0 aliphatic heterocycles. The van der Waals surface area contributed by atoms with E-state index < -0.39 is 0 Å². The number of fused-ring (bicyclic) bond motifs is 1. The van der Waals surface area contributed by atoms with Gasteiger partial charge in [0, 0.05) is 26.0 Å². The zero-order chi connectivity index (χ0) is 16.2. The Morgan fingerprint density at radius 1 is 1.39 bits per heavy atom. The SMILES string of the molecule is CCNc1nc(Nc2cnn(C(C)COC)c2)nc2[nH]ccc12. The summed E-state index contributed by atoms with van der Waals surface area (Å²) < 4.78 is 7.00. The highest BCUT2D eigenvalue weighted by Crippen LogP contribution is 2.23. The van der Waals surface area contributed by atoms with Crippen LogP contribution in [0.15, 0.2) is 24.7 Å². The standard InChI is InChI=1S/C15H21N7O/c1-4-16-13-12-5-6-17-14(12)21-15(20-13)19-11-7-18-22(8-11)10(2)9-23-3/h5-8,10H,4,9H2,1-3H3,(H3,16,17,19,20,21). The Balaban J connectivity index is 1.83. The maximum Gasteiger partial charge on any atom is 0.231 e. The molecule has 0 fully saturated rings. The third kappa shape index (κ3) is 3.26. The molecule has 3 heterocycles. The van der Waals surface area contributed by atoms with Gasteiger partial charge in [0.25, 0.3) is 0 Å². The van der Waals surface area contributed by atoms with E-state index >= 15 is 0 Å². The number of aromatic amines is 1. The molecular formula is C15H21N7O. The van der Waals surface area contributed by atoms with Crippen LogP contribution in [0.25, 0.3) is 11.0 Å². The van der Waals surface area contributed by atoms with Crippen molar-refractivity contribution in [3.8, 4) is 0 Å². The van der Waals surface area contributed by atoms with Gasteiger partial charge in [-0.2, -0.15) is 15.1 Å². The van der Waals surface area contributed by atoms with Crippen molar-refractivity contribution in [2.24, 2.45) is 0 Å². The number of H-pyrrole nitrogens is 1. The van der Waals surface area contributed by atoms with Crippen LogP contribution in [-0.4, -0.2) is 45.0 Å². The lowest BCUT2D eigenvalue weighted by molar-refractivity contribution is 0.157. The van der Waals surface area contributed by atoms with Gasteiger partial charge in [-0.3, -0.25) is 4.68 Å². The first kappa shape index (κ1) is 15.3. The Bertz CT molecular complexity index is 779. The average molecular weight is 315 g/mol. The molecule has 3 aromatic rings. The van der Waals surface area contributed by atoms with E-state index in [1.54, 1.807) is 13.3 Å². The molecule has 3 aromatic heterocycles. The van der Waals surface area contributed by atoms with E-state index in [0.717, 1.165) is 29.1 Å². The van der Waals surface area contributed by atoms with E-state index in [0.29, 0.717) is 12.6 Å². The average Bonchev–Trinajstić information content (AvgIpc) is 3.17. The van der Waals surface area contributed by atoms with Gasteiger partial charge in [0.1, 0.15) is 11.5 Å². The highest BCUT2D eigenvalue weighted by atomic mass is 16.5. The molecule has 1 atom stereocenters. The molecule has 8 heteroatoms. The fraction of sp³-hybridized carbons (Fsp3) is 0.400. The number of methoxy groups -OCH3 is 1. The first-order chi connectivity index (χ1) is 11.2.